The number of nitrogens with zero attached hydrogens (tertiary/aromatic N) is 3. The maximum absolute atomic E-state index is 11.6. The first-order valence-electron chi connectivity index (χ1n) is 6.60. The molecule has 0 saturated heterocycles. The van der Waals surface area contributed by atoms with Crippen LogP contribution in [-0.4, -0.2) is 20.8 Å². The lowest BCUT2D eigenvalue weighted by atomic mass is 10.0. The molecule has 0 aliphatic heterocycles. The van der Waals surface area contributed by atoms with Crippen LogP contribution in [0.4, 0.5) is 0 Å². The summed E-state index contributed by atoms with van der Waals surface area (Å²) in [7, 11) is 0. The van der Waals surface area contributed by atoms with Crippen LogP contribution in [0.3, 0.4) is 0 Å². The van der Waals surface area contributed by atoms with Crippen LogP contribution in [0.5, 0.6) is 0 Å². The highest BCUT2D eigenvalue weighted by Crippen LogP contribution is 2.25. The summed E-state index contributed by atoms with van der Waals surface area (Å²) in [6.07, 6.45) is 0.414. The normalized spacial score (nSPS) is 12.4. The summed E-state index contributed by atoms with van der Waals surface area (Å²) in [6.45, 7) is 1.61. The van der Waals surface area contributed by atoms with Crippen molar-refractivity contribution < 1.29 is 4.79 Å². The molecule has 0 bridgehead atoms. The van der Waals surface area contributed by atoms with Crippen molar-refractivity contribution in [2.45, 2.75) is 19.4 Å². The number of carbonyl (C=O) groups excluding carboxylic acids is 1. The second kappa shape index (κ2) is 5.25. The largest absolute Gasteiger partial charge is 0.300 e. The van der Waals surface area contributed by atoms with E-state index in [2.05, 4.69) is 10.3 Å². The van der Waals surface area contributed by atoms with E-state index < -0.39 is 0 Å². The Hall–Kier alpha value is -2.49. The number of hydrogen-bond donors (Lipinski definition) is 0. The molecule has 2 aromatic carbocycles. The number of fused-ring (bicyclic) bond motifs is 1. The fraction of sp³-hybridized carbons (Fsp3) is 0.188. The van der Waals surface area contributed by atoms with Gasteiger partial charge in [0.2, 0.25) is 0 Å². The molecule has 20 heavy (non-hydrogen) atoms. The number of rotatable bonds is 4. The number of aromatic nitrogens is 3. The molecule has 0 radical (unpaired) electrons. The van der Waals surface area contributed by atoms with Crippen LogP contribution >= 0.6 is 0 Å². The Balaban J connectivity index is 2.12. The zero-order valence-corrected chi connectivity index (χ0v) is 11.2. The molecule has 100 valence electrons. The van der Waals surface area contributed by atoms with Crippen molar-refractivity contribution in [3.63, 3.8) is 0 Å². The van der Waals surface area contributed by atoms with E-state index in [1.54, 1.807) is 6.92 Å². The monoisotopic (exact) mass is 265 g/mol. The lowest BCUT2D eigenvalue weighted by molar-refractivity contribution is -0.117. The molecule has 4 nitrogen and oxygen atoms in total. The average molecular weight is 265 g/mol. The van der Waals surface area contributed by atoms with Crippen LogP contribution in [0.1, 0.15) is 24.9 Å². The van der Waals surface area contributed by atoms with Crippen LogP contribution in [0, 0.1) is 0 Å². The first kappa shape index (κ1) is 12.5. The molecule has 1 heterocycles. The molecule has 4 heteroatoms. The fourth-order valence-corrected chi connectivity index (χ4v) is 2.41. The summed E-state index contributed by atoms with van der Waals surface area (Å²) in [5.41, 5.74) is 2.86. The van der Waals surface area contributed by atoms with Crippen LogP contribution in [0.25, 0.3) is 11.0 Å². The van der Waals surface area contributed by atoms with Gasteiger partial charge in [-0.25, -0.2) is 4.68 Å². The summed E-state index contributed by atoms with van der Waals surface area (Å²) < 4.78 is 1.84. The van der Waals surface area contributed by atoms with Crippen molar-refractivity contribution in [3.05, 3.63) is 60.2 Å². The van der Waals surface area contributed by atoms with Gasteiger partial charge in [0.1, 0.15) is 11.3 Å². The van der Waals surface area contributed by atoms with Gasteiger partial charge in [-0.05, 0) is 24.6 Å². The molecule has 0 amide bonds. The standard InChI is InChI=1S/C16H15N3O/c1-12(20)11-16(13-7-3-2-4-8-13)19-15-10-6-5-9-14(15)17-18-19/h2-10,16H,11H2,1H3. The molecule has 1 atom stereocenters. The number of ketones is 1. The summed E-state index contributed by atoms with van der Waals surface area (Å²) in [5, 5.41) is 8.41. The van der Waals surface area contributed by atoms with E-state index in [0.29, 0.717) is 6.42 Å². The maximum atomic E-state index is 11.6. The minimum absolute atomic E-state index is 0.110. The molecule has 0 spiro atoms. The Labute approximate surface area is 117 Å². The Kier molecular flexibility index (Phi) is 3.29. The second-order valence-corrected chi connectivity index (χ2v) is 4.86. The van der Waals surface area contributed by atoms with Crippen LogP contribution in [-0.2, 0) is 4.79 Å². The SMILES string of the molecule is CC(=O)CC(c1ccccc1)n1nnc2ccccc21. The van der Waals surface area contributed by atoms with Crippen LogP contribution < -0.4 is 0 Å². The van der Waals surface area contributed by atoms with Crippen molar-refractivity contribution in [1.29, 1.82) is 0 Å². The molecule has 0 N–H and O–H groups in total. The van der Waals surface area contributed by atoms with Crippen LogP contribution in [0.15, 0.2) is 54.6 Å². The van der Waals surface area contributed by atoms with Crippen molar-refractivity contribution in [2.24, 2.45) is 0 Å². The molecule has 1 aromatic heterocycles. The summed E-state index contributed by atoms with van der Waals surface area (Å²) in [4.78, 5) is 11.6. The van der Waals surface area contributed by atoms with Gasteiger partial charge in [-0.3, -0.25) is 4.79 Å². The van der Waals surface area contributed by atoms with Gasteiger partial charge >= 0.3 is 0 Å². The highest BCUT2D eigenvalue weighted by atomic mass is 16.1. The first-order chi connectivity index (χ1) is 9.75. The van der Waals surface area contributed by atoms with Gasteiger partial charge < -0.3 is 0 Å². The minimum atomic E-state index is -0.110. The van der Waals surface area contributed by atoms with E-state index in [1.807, 2.05) is 59.3 Å². The molecule has 1 unspecified atom stereocenters. The van der Waals surface area contributed by atoms with E-state index >= 15 is 0 Å². The highest BCUT2D eigenvalue weighted by Gasteiger charge is 2.19. The van der Waals surface area contributed by atoms with E-state index in [-0.39, 0.29) is 11.8 Å². The van der Waals surface area contributed by atoms with Crippen molar-refractivity contribution in [2.75, 3.05) is 0 Å². The molecule has 3 rings (SSSR count). The predicted octanol–water partition coefficient (Wildman–Crippen LogP) is 3.00. The van der Waals surface area contributed by atoms with Gasteiger partial charge in [0.15, 0.2) is 0 Å². The Bertz CT molecular complexity index is 734. The van der Waals surface area contributed by atoms with Gasteiger partial charge in [-0.15, -0.1) is 5.10 Å². The topological polar surface area (TPSA) is 47.8 Å². The van der Waals surface area contributed by atoms with Crippen molar-refractivity contribution in [3.8, 4) is 0 Å². The Morgan fingerprint density at radius 2 is 1.80 bits per heavy atom. The second-order valence-electron chi connectivity index (χ2n) is 4.86. The molecule has 0 aliphatic carbocycles. The quantitative estimate of drug-likeness (QED) is 0.728. The molecular formula is C16H15N3O. The van der Waals surface area contributed by atoms with E-state index in [1.165, 1.54) is 0 Å². The zero-order chi connectivity index (χ0) is 13.9. The molecule has 0 fully saturated rings. The van der Waals surface area contributed by atoms with Crippen LogP contribution in [0.2, 0.25) is 0 Å². The lowest BCUT2D eigenvalue weighted by Crippen LogP contribution is -2.15. The third kappa shape index (κ3) is 2.32. The summed E-state index contributed by atoms with van der Waals surface area (Å²) in [5.74, 6) is 0.137. The predicted molar refractivity (Wildman–Crippen MR) is 77.4 cm³/mol. The number of benzene rings is 2. The van der Waals surface area contributed by atoms with Gasteiger partial charge in [-0.1, -0.05) is 47.7 Å². The fourth-order valence-electron chi connectivity index (χ4n) is 2.41. The minimum Gasteiger partial charge on any atom is -0.300 e. The third-order valence-corrected chi connectivity index (χ3v) is 3.34. The average Bonchev–Trinajstić information content (AvgIpc) is 2.89. The van der Waals surface area contributed by atoms with Gasteiger partial charge in [0.05, 0.1) is 11.6 Å². The van der Waals surface area contributed by atoms with E-state index in [0.717, 1.165) is 16.6 Å². The third-order valence-electron chi connectivity index (χ3n) is 3.34. The molecule has 3 aromatic rings. The summed E-state index contributed by atoms with van der Waals surface area (Å²) in [6, 6.07) is 17.6. The van der Waals surface area contributed by atoms with Gasteiger partial charge in [0, 0.05) is 6.42 Å². The Morgan fingerprint density at radius 1 is 1.10 bits per heavy atom. The van der Waals surface area contributed by atoms with Gasteiger partial charge in [-0.2, -0.15) is 0 Å². The maximum Gasteiger partial charge on any atom is 0.132 e. The Morgan fingerprint density at radius 3 is 2.55 bits per heavy atom. The molecular weight excluding hydrogens is 250 g/mol. The number of Topliss-reactive ketones (excluding diaryl/α,β-unsaturated/α-hetero) is 1. The van der Waals surface area contributed by atoms with E-state index in [4.69, 9.17) is 0 Å². The highest BCUT2D eigenvalue weighted by molar-refractivity contribution is 5.78. The molecule has 0 saturated carbocycles. The lowest BCUT2D eigenvalue weighted by Gasteiger charge is -2.17. The first-order valence-corrected chi connectivity index (χ1v) is 6.60. The smallest absolute Gasteiger partial charge is 0.132 e. The number of carbonyl (C=O) groups is 1. The van der Waals surface area contributed by atoms with Gasteiger partial charge in [0.25, 0.3) is 0 Å². The summed E-state index contributed by atoms with van der Waals surface area (Å²) >= 11 is 0. The number of para-hydroxylation sites is 1. The van der Waals surface area contributed by atoms with E-state index in [9.17, 15) is 4.79 Å². The number of hydrogen-bond acceptors (Lipinski definition) is 3. The van der Waals surface area contributed by atoms with Crippen molar-refractivity contribution in [1.82, 2.24) is 15.0 Å². The zero-order valence-electron chi connectivity index (χ0n) is 11.2. The molecule has 0 aliphatic rings. The van der Waals surface area contributed by atoms with Crippen molar-refractivity contribution >= 4 is 16.8 Å².